The van der Waals surface area contributed by atoms with E-state index in [2.05, 4.69) is 5.16 Å². The van der Waals surface area contributed by atoms with Crippen LogP contribution in [0.3, 0.4) is 0 Å². The first kappa shape index (κ1) is 13.8. The number of nitro groups is 1. The van der Waals surface area contributed by atoms with Gasteiger partial charge in [-0.05, 0) is 25.1 Å². The maximum atomic E-state index is 10.9. The van der Waals surface area contributed by atoms with Crippen molar-refractivity contribution in [3.63, 3.8) is 0 Å². The van der Waals surface area contributed by atoms with E-state index in [1.54, 1.807) is 12.2 Å². The van der Waals surface area contributed by atoms with Crippen LogP contribution in [-0.2, 0) is 0 Å². The van der Waals surface area contributed by atoms with E-state index in [4.69, 9.17) is 9.26 Å². The van der Waals surface area contributed by atoms with E-state index in [1.807, 2.05) is 31.2 Å². The smallest absolute Gasteiger partial charge is 0.338 e. The Morgan fingerprint density at radius 3 is 2.85 bits per heavy atom. The van der Waals surface area contributed by atoms with Gasteiger partial charge in [-0.15, -0.1) is 0 Å². The minimum absolute atomic E-state index is 0.116. The lowest BCUT2D eigenvalue weighted by atomic mass is 10.1. The summed E-state index contributed by atoms with van der Waals surface area (Å²) < 4.78 is 10.3. The highest BCUT2D eigenvalue weighted by Gasteiger charge is 2.21. The number of ether oxygens (including phenoxy) is 1. The van der Waals surface area contributed by atoms with Crippen LogP contribution >= 0.6 is 0 Å². The molecule has 20 heavy (non-hydrogen) atoms. The van der Waals surface area contributed by atoms with Gasteiger partial charge in [-0.25, -0.2) is 0 Å². The van der Waals surface area contributed by atoms with Crippen LogP contribution in [0.25, 0.3) is 12.2 Å². The van der Waals surface area contributed by atoms with Crippen LogP contribution in [0.2, 0.25) is 0 Å². The number of para-hydroxylation sites is 1. The third kappa shape index (κ3) is 2.85. The topological polar surface area (TPSA) is 78.4 Å². The predicted octanol–water partition coefficient (Wildman–Crippen LogP) is 3.46. The maximum Gasteiger partial charge on any atom is 0.338 e. The lowest BCUT2D eigenvalue weighted by Crippen LogP contribution is -1.93. The van der Waals surface area contributed by atoms with Crippen LogP contribution < -0.4 is 4.74 Å². The van der Waals surface area contributed by atoms with E-state index in [9.17, 15) is 10.1 Å². The molecule has 0 unspecified atom stereocenters. The maximum absolute atomic E-state index is 10.9. The van der Waals surface area contributed by atoms with Gasteiger partial charge in [0, 0.05) is 12.5 Å². The third-order valence-electron chi connectivity index (χ3n) is 2.68. The fourth-order valence-electron chi connectivity index (χ4n) is 1.79. The van der Waals surface area contributed by atoms with Crippen LogP contribution in [0, 0.1) is 17.0 Å². The second-order valence-electron chi connectivity index (χ2n) is 4.03. The van der Waals surface area contributed by atoms with E-state index >= 15 is 0 Å². The number of hydrogen-bond donors (Lipinski definition) is 0. The Morgan fingerprint density at radius 2 is 2.15 bits per heavy atom. The Morgan fingerprint density at radius 1 is 1.40 bits per heavy atom. The van der Waals surface area contributed by atoms with Gasteiger partial charge in [0.25, 0.3) is 0 Å². The average Bonchev–Trinajstić information content (AvgIpc) is 2.79. The van der Waals surface area contributed by atoms with Gasteiger partial charge in [-0.1, -0.05) is 23.4 Å². The average molecular weight is 274 g/mol. The molecular weight excluding hydrogens is 260 g/mol. The third-order valence-corrected chi connectivity index (χ3v) is 2.68. The van der Waals surface area contributed by atoms with Gasteiger partial charge in [0.2, 0.25) is 5.76 Å². The summed E-state index contributed by atoms with van der Waals surface area (Å²) in [7, 11) is 0. The fraction of sp³-hybridized carbons (Fsp3) is 0.214. The molecule has 2 rings (SSSR count). The Hall–Kier alpha value is -2.63. The van der Waals surface area contributed by atoms with Crippen molar-refractivity contribution in [2.75, 3.05) is 6.61 Å². The highest BCUT2D eigenvalue weighted by molar-refractivity contribution is 5.74. The molecule has 0 fully saturated rings. The zero-order valence-corrected chi connectivity index (χ0v) is 11.2. The van der Waals surface area contributed by atoms with Gasteiger partial charge in [0.05, 0.1) is 11.5 Å². The monoisotopic (exact) mass is 274 g/mol. The first-order chi connectivity index (χ1) is 9.63. The quantitative estimate of drug-likeness (QED) is 0.616. The molecule has 0 saturated heterocycles. The van der Waals surface area contributed by atoms with Crippen molar-refractivity contribution in [3.05, 3.63) is 51.4 Å². The highest BCUT2D eigenvalue weighted by atomic mass is 16.6. The summed E-state index contributed by atoms with van der Waals surface area (Å²) >= 11 is 0. The summed E-state index contributed by atoms with van der Waals surface area (Å²) in [6.45, 7) is 3.96. The molecule has 0 amide bonds. The number of hydrogen-bond acceptors (Lipinski definition) is 5. The SMILES string of the molecule is CCOc1ccccc1C=Cc1noc(C)c1[N+](=O)[O-]. The van der Waals surface area contributed by atoms with E-state index < -0.39 is 4.92 Å². The van der Waals surface area contributed by atoms with Crippen LogP contribution in [0.15, 0.2) is 28.8 Å². The van der Waals surface area contributed by atoms with Crippen LogP contribution in [0.4, 0.5) is 5.69 Å². The minimum atomic E-state index is -0.500. The van der Waals surface area contributed by atoms with Crippen molar-refractivity contribution in [1.29, 1.82) is 0 Å². The van der Waals surface area contributed by atoms with Crippen molar-refractivity contribution >= 4 is 17.8 Å². The summed E-state index contributed by atoms with van der Waals surface area (Å²) in [6, 6.07) is 7.43. The first-order valence-electron chi connectivity index (χ1n) is 6.14. The van der Waals surface area contributed by atoms with Crippen molar-refractivity contribution in [2.24, 2.45) is 0 Å². The number of rotatable bonds is 5. The largest absolute Gasteiger partial charge is 0.493 e. The molecule has 1 aromatic carbocycles. The van der Waals surface area contributed by atoms with Gasteiger partial charge in [-0.2, -0.15) is 0 Å². The minimum Gasteiger partial charge on any atom is -0.493 e. The molecule has 0 atom stereocenters. The molecule has 0 saturated carbocycles. The molecule has 1 aromatic heterocycles. The molecule has 6 nitrogen and oxygen atoms in total. The predicted molar refractivity (Wildman–Crippen MR) is 74.4 cm³/mol. The molecule has 0 aliphatic carbocycles. The standard InChI is InChI=1S/C14H14N2O4/c1-3-19-13-7-5-4-6-11(13)8-9-12-14(16(17)18)10(2)20-15-12/h4-9H,3H2,1-2H3. The molecule has 0 aliphatic rings. The Labute approximate surface area is 115 Å². The number of aromatic nitrogens is 1. The molecule has 1 heterocycles. The molecule has 0 bridgehead atoms. The normalized spacial score (nSPS) is 10.9. The fourth-order valence-corrected chi connectivity index (χ4v) is 1.79. The van der Waals surface area contributed by atoms with E-state index in [0.29, 0.717) is 12.4 Å². The Balaban J connectivity index is 2.33. The summed E-state index contributed by atoms with van der Waals surface area (Å²) in [6.07, 6.45) is 3.27. The Kier molecular flexibility index (Phi) is 4.14. The molecule has 0 spiro atoms. The van der Waals surface area contributed by atoms with Crippen LogP contribution in [0.1, 0.15) is 23.9 Å². The van der Waals surface area contributed by atoms with Crippen LogP contribution in [-0.4, -0.2) is 16.7 Å². The summed E-state index contributed by atoms with van der Waals surface area (Å²) in [5.74, 6) is 0.905. The van der Waals surface area contributed by atoms with Crippen molar-refractivity contribution in [2.45, 2.75) is 13.8 Å². The first-order valence-corrected chi connectivity index (χ1v) is 6.14. The lowest BCUT2D eigenvalue weighted by molar-refractivity contribution is -0.386. The Bertz CT molecular complexity index is 646. The molecule has 6 heteroatoms. The van der Waals surface area contributed by atoms with E-state index in [1.165, 1.54) is 6.92 Å². The van der Waals surface area contributed by atoms with Gasteiger partial charge in [0.15, 0.2) is 5.69 Å². The number of aryl methyl sites for hydroxylation is 1. The lowest BCUT2D eigenvalue weighted by Gasteiger charge is -2.05. The molecule has 0 radical (unpaired) electrons. The van der Waals surface area contributed by atoms with Gasteiger partial charge in [-0.3, -0.25) is 10.1 Å². The molecule has 104 valence electrons. The second kappa shape index (κ2) is 6.01. The van der Waals surface area contributed by atoms with Crippen molar-refractivity contribution in [3.8, 4) is 5.75 Å². The van der Waals surface area contributed by atoms with Crippen molar-refractivity contribution in [1.82, 2.24) is 5.16 Å². The zero-order chi connectivity index (χ0) is 14.5. The summed E-state index contributed by atoms with van der Waals surface area (Å²) in [5.41, 5.74) is 0.901. The molecule has 0 aliphatic heterocycles. The highest BCUT2D eigenvalue weighted by Crippen LogP contribution is 2.26. The second-order valence-corrected chi connectivity index (χ2v) is 4.03. The van der Waals surface area contributed by atoms with Gasteiger partial charge < -0.3 is 9.26 Å². The summed E-state index contributed by atoms with van der Waals surface area (Å²) in [5, 5.41) is 14.6. The molecule has 0 N–H and O–H groups in total. The number of benzene rings is 1. The summed E-state index contributed by atoms with van der Waals surface area (Å²) in [4.78, 5) is 10.4. The van der Waals surface area contributed by atoms with E-state index in [0.717, 1.165) is 5.56 Å². The van der Waals surface area contributed by atoms with Gasteiger partial charge in [0.1, 0.15) is 5.75 Å². The van der Waals surface area contributed by atoms with Gasteiger partial charge >= 0.3 is 5.69 Å². The van der Waals surface area contributed by atoms with Crippen LogP contribution in [0.5, 0.6) is 5.75 Å². The zero-order valence-electron chi connectivity index (χ0n) is 11.2. The number of nitrogens with zero attached hydrogens (tertiary/aromatic N) is 2. The molecular formula is C14H14N2O4. The molecule has 2 aromatic rings. The van der Waals surface area contributed by atoms with Crippen molar-refractivity contribution < 1.29 is 14.2 Å². The van der Waals surface area contributed by atoms with E-state index in [-0.39, 0.29) is 17.1 Å².